The minimum absolute atomic E-state index is 0.0965. The van der Waals surface area contributed by atoms with Gasteiger partial charge in [0.15, 0.2) is 6.10 Å². The standard InChI is InChI=1S/C67H108O6/c1-4-7-10-13-16-19-21-23-25-26-27-28-29-30-31-32-33-34-35-36-37-38-39-40-42-43-45-48-51-54-57-60-66(69)72-63-64(62-71-65(68)59-56-53-50-47-18-15-12-9-6-3)73-67(70)61-58-55-52-49-46-44-41-24-22-20-17-14-11-8-5-2/h7,10,16-17,19-20,23-25,27-28,30-31,33-34,36-37,39-41,43,45,64H,4-6,8-9,11-15,18,21-22,26,29,32,35,38,42,44,46-63H2,1-3H3/b10-7-,19-16-,20-17-,25-23-,28-27-,31-30-,34-33-,37-36-,40-39-,41-24-,45-43-. The molecule has 0 saturated heterocycles. The zero-order chi connectivity index (χ0) is 52.9. The highest BCUT2D eigenvalue weighted by Crippen LogP contribution is 2.14. The first-order valence-corrected chi connectivity index (χ1v) is 29.7. The summed E-state index contributed by atoms with van der Waals surface area (Å²) in [7, 11) is 0. The van der Waals surface area contributed by atoms with Crippen LogP contribution < -0.4 is 0 Å². The zero-order valence-corrected chi connectivity index (χ0v) is 47.1. The van der Waals surface area contributed by atoms with Crippen molar-refractivity contribution in [3.05, 3.63) is 134 Å². The lowest BCUT2D eigenvalue weighted by molar-refractivity contribution is -0.167. The van der Waals surface area contributed by atoms with Crippen LogP contribution in [0.4, 0.5) is 0 Å². The molecule has 0 aromatic carbocycles. The van der Waals surface area contributed by atoms with Crippen LogP contribution in [0.1, 0.15) is 252 Å². The molecule has 6 heteroatoms. The first-order valence-electron chi connectivity index (χ1n) is 29.7. The van der Waals surface area contributed by atoms with E-state index < -0.39 is 6.10 Å². The third kappa shape index (κ3) is 58.3. The number of hydrogen-bond acceptors (Lipinski definition) is 6. The molecule has 0 fully saturated rings. The number of carbonyl (C=O) groups is 3. The van der Waals surface area contributed by atoms with E-state index in [-0.39, 0.29) is 31.1 Å². The molecule has 1 unspecified atom stereocenters. The number of hydrogen-bond donors (Lipinski definition) is 0. The number of rotatable bonds is 52. The molecular weight excluding hydrogens is 901 g/mol. The number of carbonyl (C=O) groups excluding carboxylic acids is 3. The molecule has 1 atom stereocenters. The minimum atomic E-state index is -0.801. The third-order valence-electron chi connectivity index (χ3n) is 12.1. The average molecular weight is 1010 g/mol. The van der Waals surface area contributed by atoms with Crippen molar-refractivity contribution < 1.29 is 28.6 Å². The van der Waals surface area contributed by atoms with Crippen molar-refractivity contribution in [1.82, 2.24) is 0 Å². The van der Waals surface area contributed by atoms with E-state index in [4.69, 9.17) is 14.2 Å². The van der Waals surface area contributed by atoms with E-state index in [0.29, 0.717) is 19.3 Å². The lowest BCUT2D eigenvalue weighted by Crippen LogP contribution is -2.30. The van der Waals surface area contributed by atoms with E-state index in [0.717, 1.165) is 148 Å². The Balaban J connectivity index is 4.32. The van der Waals surface area contributed by atoms with Gasteiger partial charge in [0.1, 0.15) is 13.2 Å². The van der Waals surface area contributed by atoms with Crippen molar-refractivity contribution in [1.29, 1.82) is 0 Å². The zero-order valence-electron chi connectivity index (χ0n) is 47.1. The maximum Gasteiger partial charge on any atom is 0.306 e. The van der Waals surface area contributed by atoms with Gasteiger partial charge < -0.3 is 14.2 Å². The third-order valence-corrected chi connectivity index (χ3v) is 12.1. The summed E-state index contributed by atoms with van der Waals surface area (Å²) in [5.74, 6) is -0.952. The predicted octanol–water partition coefficient (Wildman–Crippen LogP) is 20.2. The van der Waals surface area contributed by atoms with Crippen molar-refractivity contribution in [2.75, 3.05) is 13.2 Å². The second-order valence-electron chi connectivity index (χ2n) is 19.2. The molecule has 0 aliphatic heterocycles. The van der Waals surface area contributed by atoms with Crippen LogP contribution in [-0.4, -0.2) is 37.2 Å². The van der Waals surface area contributed by atoms with Crippen LogP contribution in [0.15, 0.2) is 134 Å². The van der Waals surface area contributed by atoms with Gasteiger partial charge in [0, 0.05) is 19.3 Å². The Kier molecular flexibility index (Phi) is 56.4. The molecule has 0 radical (unpaired) electrons. The minimum Gasteiger partial charge on any atom is -0.462 e. The molecule has 0 bridgehead atoms. The van der Waals surface area contributed by atoms with Crippen LogP contribution in [0.25, 0.3) is 0 Å². The fraction of sp³-hybridized carbons (Fsp3) is 0.627. The Morgan fingerprint density at radius 2 is 0.534 bits per heavy atom. The Labute approximate surface area is 449 Å². The average Bonchev–Trinajstić information content (AvgIpc) is 3.39. The van der Waals surface area contributed by atoms with Crippen molar-refractivity contribution in [2.45, 2.75) is 258 Å². The van der Waals surface area contributed by atoms with Gasteiger partial charge in [-0.25, -0.2) is 0 Å². The smallest absolute Gasteiger partial charge is 0.306 e. The Morgan fingerprint density at radius 1 is 0.288 bits per heavy atom. The Bertz CT molecular complexity index is 1580. The van der Waals surface area contributed by atoms with Gasteiger partial charge in [0.2, 0.25) is 0 Å². The monoisotopic (exact) mass is 1010 g/mol. The fourth-order valence-electron chi connectivity index (χ4n) is 7.70. The first-order chi connectivity index (χ1) is 36.0. The highest BCUT2D eigenvalue weighted by Gasteiger charge is 2.19. The van der Waals surface area contributed by atoms with Crippen LogP contribution in [0, 0.1) is 0 Å². The van der Waals surface area contributed by atoms with Gasteiger partial charge in [-0.3, -0.25) is 14.4 Å². The Hall–Kier alpha value is -4.45. The predicted molar refractivity (Wildman–Crippen MR) is 316 cm³/mol. The number of unbranched alkanes of at least 4 members (excludes halogenated alkanes) is 19. The van der Waals surface area contributed by atoms with E-state index in [1.807, 2.05) is 0 Å². The molecule has 0 N–H and O–H groups in total. The summed E-state index contributed by atoms with van der Waals surface area (Å²) < 4.78 is 16.8. The van der Waals surface area contributed by atoms with Gasteiger partial charge in [-0.1, -0.05) is 244 Å². The topological polar surface area (TPSA) is 78.9 Å². The van der Waals surface area contributed by atoms with Crippen molar-refractivity contribution in [3.63, 3.8) is 0 Å². The normalized spacial score (nSPS) is 13.1. The molecule has 73 heavy (non-hydrogen) atoms. The summed E-state index contributed by atoms with van der Waals surface area (Å²) in [5, 5.41) is 0. The first kappa shape index (κ1) is 68.6. The van der Waals surface area contributed by atoms with E-state index in [1.165, 1.54) is 64.2 Å². The van der Waals surface area contributed by atoms with E-state index in [9.17, 15) is 14.4 Å². The molecule has 6 nitrogen and oxygen atoms in total. The van der Waals surface area contributed by atoms with E-state index >= 15 is 0 Å². The van der Waals surface area contributed by atoms with Crippen LogP contribution >= 0.6 is 0 Å². The summed E-state index contributed by atoms with van der Waals surface area (Å²) in [5.41, 5.74) is 0. The van der Waals surface area contributed by atoms with Crippen molar-refractivity contribution in [2.24, 2.45) is 0 Å². The van der Waals surface area contributed by atoms with Gasteiger partial charge in [0.05, 0.1) is 0 Å². The summed E-state index contributed by atoms with van der Waals surface area (Å²) in [6.07, 6.45) is 84.6. The maximum atomic E-state index is 12.8. The number of esters is 3. The summed E-state index contributed by atoms with van der Waals surface area (Å²) in [4.78, 5) is 38.0. The second-order valence-corrected chi connectivity index (χ2v) is 19.2. The number of ether oxygens (including phenoxy) is 3. The SMILES string of the molecule is CC/C=C\C/C=C\C/C=C\C/C=C\C/C=C\C/C=C\C/C=C\C/C=C\C/C=C\CCCCCC(=O)OCC(COC(=O)CCCCCCCCCCC)OC(=O)CCCCCCC/C=C\C/C=C\CCCCC. The summed E-state index contributed by atoms with van der Waals surface area (Å²) >= 11 is 0. The fourth-order valence-corrected chi connectivity index (χ4v) is 7.70. The molecule has 0 rings (SSSR count). The van der Waals surface area contributed by atoms with Crippen LogP contribution in [-0.2, 0) is 28.6 Å². The van der Waals surface area contributed by atoms with Gasteiger partial charge in [0.25, 0.3) is 0 Å². The van der Waals surface area contributed by atoms with Gasteiger partial charge >= 0.3 is 17.9 Å². The molecule has 0 aromatic rings. The van der Waals surface area contributed by atoms with Crippen molar-refractivity contribution >= 4 is 17.9 Å². The molecule has 0 aliphatic carbocycles. The van der Waals surface area contributed by atoms with Gasteiger partial charge in [-0.05, 0) is 122 Å². The van der Waals surface area contributed by atoms with Gasteiger partial charge in [-0.15, -0.1) is 0 Å². The molecule has 0 aliphatic rings. The molecule has 0 saturated carbocycles. The maximum absolute atomic E-state index is 12.8. The summed E-state index contributed by atoms with van der Waals surface area (Å²) in [6, 6.07) is 0. The van der Waals surface area contributed by atoms with Gasteiger partial charge in [-0.2, -0.15) is 0 Å². The van der Waals surface area contributed by atoms with E-state index in [2.05, 4.69) is 154 Å². The molecular formula is C67H108O6. The second kappa shape index (κ2) is 60.1. The molecule has 0 heterocycles. The molecule has 0 amide bonds. The lowest BCUT2D eigenvalue weighted by atomic mass is 10.1. The molecule has 0 aromatic heterocycles. The molecule has 412 valence electrons. The highest BCUT2D eigenvalue weighted by molar-refractivity contribution is 5.71. The van der Waals surface area contributed by atoms with Crippen LogP contribution in [0.5, 0.6) is 0 Å². The highest BCUT2D eigenvalue weighted by atomic mass is 16.6. The van der Waals surface area contributed by atoms with E-state index in [1.54, 1.807) is 0 Å². The molecule has 0 spiro atoms. The quantitative estimate of drug-likeness (QED) is 0.0261. The largest absolute Gasteiger partial charge is 0.462 e. The van der Waals surface area contributed by atoms with Crippen LogP contribution in [0.3, 0.4) is 0 Å². The van der Waals surface area contributed by atoms with Crippen molar-refractivity contribution in [3.8, 4) is 0 Å². The lowest BCUT2D eigenvalue weighted by Gasteiger charge is -2.18. The Morgan fingerprint density at radius 3 is 0.877 bits per heavy atom. The number of allylic oxidation sites excluding steroid dienone is 22. The summed E-state index contributed by atoms with van der Waals surface area (Å²) in [6.45, 7) is 6.43. The van der Waals surface area contributed by atoms with Crippen LogP contribution in [0.2, 0.25) is 0 Å².